The van der Waals surface area contributed by atoms with Gasteiger partial charge in [0.25, 0.3) is 0 Å². The van der Waals surface area contributed by atoms with Crippen molar-refractivity contribution in [3.63, 3.8) is 0 Å². The summed E-state index contributed by atoms with van der Waals surface area (Å²) in [4.78, 5) is 14.2. The van der Waals surface area contributed by atoms with Crippen molar-refractivity contribution in [3.05, 3.63) is 65.6 Å². The van der Waals surface area contributed by atoms with Crippen LogP contribution in [0.15, 0.2) is 48.5 Å². The van der Waals surface area contributed by atoms with Crippen molar-refractivity contribution >= 4 is 33.3 Å². The first-order chi connectivity index (χ1) is 16.1. The van der Waals surface area contributed by atoms with E-state index < -0.39 is 0 Å². The minimum atomic E-state index is -0.263. The second-order valence-electron chi connectivity index (χ2n) is 7.96. The Morgan fingerprint density at radius 1 is 1.03 bits per heavy atom. The van der Waals surface area contributed by atoms with Crippen molar-refractivity contribution in [1.82, 2.24) is 15.0 Å². The maximum absolute atomic E-state index is 14.0. The Hall–Kier alpha value is -3.10. The largest absolute Gasteiger partial charge is 0.396 e. The molecular weight excluding hydrogens is 437 g/mol. The topological polar surface area (TPSA) is 83.0 Å². The van der Waals surface area contributed by atoms with Crippen LogP contribution in [-0.4, -0.2) is 33.2 Å². The van der Waals surface area contributed by atoms with Crippen molar-refractivity contribution < 1.29 is 9.50 Å². The summed E-state index contributed by atoms with van der Waals surface area (Å²) in [5, 5.41) is 17.0. The third kappa shape index (κ3) is 5.46. The Labute approximate surface area is 197 Å². The van der Waals surface area contributed by atoms with Gasteiger partial charge in [0.05, 0.1) is 21.5 Å². The number of benzene rings is 2. The van der Waals surface area contributed by atoms with Crippen LogP contribution in [0.5, 0.6) is 0 Å². The standard InChI is InChI=1S/C25H28FN5OS/c1-3-17(15-32)12-13-27-23-22(24-30-20-10-6-7-11-21(20)33-24)16(2)29-25(31-23)28-14-18-8-4-5-9-19(18)26/h4-11,17,32H,3,12-15H2,1-2H3,(H2,27,28,29,31). The molecule has 1 unspecified atom stereocenters. The molecule has 172 valence electrons. The van der Waals surface area contributed by atoms with Crippen molar-refractivity contribution in [1.29, 1.82) is 0 Å². The van der Waals surface area contributed by atoms with Gasteiger partial charge in [0.2, 0.25) is 5.95 Å². The van der Waals surface area contributed by atoms with E-state index in [9.17, 15) is 9.50 Å². The molecule has 4 rings (SSSR count). The molecular formula is C25H28FN5OS. The predicted octanol–water partition coefficient (Wildman–Crippen LogP) is 5.63. The van der Waals surface area contributed by atoms with Gasteiger partial charge in [-0.15, -0.1) is 11.3 Å². The van der Waals surface area contributed by atoms with Gasteiger partial charge in [0, 0.05) is 25.3 Å². The second-order valence-corrected chi connectivity index (χ2v) is 8.99. The third-order valence-electron chi connectivity index (χ3n) is 5.67. The van der Waals surface area contributed by atoms with Gasteiger partial charge in [-0.05, 0) is 37.5 Å². The van der Waals surface area contributed by atoms with Gasteiger partial charge in [0.1, 0.15) is 16.6 Å². The number of aliphatic hydroxyl groups is 1. The fraction of sp³-hybridized carbons (Fsp3) is 0.320. The van der Waals surface area contributed by atoms with Gasteiger partial charge in [-0.2, -0.15) is 4.98 Å². The number of rotatable bonds is 10. The van der Waals surface area contributed by atoms with Gasteiger partial charge in [-0.25, -0.2) is 14.4 Å². The van der Waals surface area contributed by atoms with Gasteiger partial charge in [-0.1, -0.05) is 43.7 Å². The first-order valence-electron chi connectivity index (χ1n) is 11.2. The van der Waals surface area contributed by atoms with Crippen LogP contribution < -0.4 is 10.6 Å². The molecule has 8 heteroatoms. The zero-order valence-electron chi connectivity index (χ0n) is 18.8. The average molecular weight is 466 g/mol. The van der Waals surface area contributed by atoms with Crippen LogP contribution in [0.1, 0.15) is 31.0 Å². The van der Waals surface area contributed by atoms with E-state index in [1.807, 2.05) is 25.1 Å². The monoisotopic (exact) mass is 465 g/mol. The normalized spacial score (nSPS) is 12.1. The fourth-order valence-electron chi connectivity index (χ4n) is 3.65. The molecule has 3 N–H and O–H groups in total. The van der Waals surface area contributed by atoms with Crippen molar-refractivity contribution in [3.8, 4) is 10.6 Å². The molecule has 6 nitrogen and oxygen atoms in total. The number of aliphatic hydroxyl groups excluding tert-OH is 1. The van der Waals surface area contributed by atoms with Crippen molar-refractivity contribution in [2.75, 3.05) is 23.8 Å². The number of aromatic nitrogens is 3. The molecule has 0 saturated heterocycles. The number of hydrogen-bond donors (Lipinski definition) is 3. The lowest BCUT2D eigenvalue weighted by Crippen LogP contribution is -2.15. The number of thiazole rings is 1. The van der Waals surface area contributed by atoms with E-state index in [0.29, 0.717) is 23.9 Å². The number of para-hydroxylation sites is 1. The average Bonchev–Trinajstić information content (AvgIpc) is 3.25. The molecule has 0 saturated carbocycles. The Morgan fingerprint density at radius 3 is 2.58 bits per heavy atom. The molecule has 0 amide bonds. The quantitative estimate of drug-likeness (QED) is 0.281. The third-order valence-corrected chi connectivity index (χ3v) is 6.73. The minimum absolute atomic E-state index is 0.168. The summed E-state index contributed by atoms with van der Waals surface area (Å²) in [5.41, 5.74) is 3.15. The minimum Gasteiger partial charge on any atom is -0.396 e. The first-order valence-corrected chi connectivity index (χ1v) is 12.0. The number of nitrogens with one attached hydrogen (secondary N) is 2. The summed E-state index contributed by atoms with van der Waals surface area (Å²) in [6, 6.07) is 14.7. The van der Waals surface area contributed by atoms with Gasteiger partial charge in [-0.3, -0.25) is 0 Å². The highest BCUT2D eigenvalue weighted by Crippen LogP contribution is 2.36. The number of halogens is 1. The Balaban J connectivity index is 1.64. The number of hydrogen-bond acceptors (Lipinski definition) is 7. The van der Waals surface area contributed by atoms with Crippen LogP contribution >= 0.6 is 11.3 Å². The highest BCUT2D eigenvalue weighted by molar-refractivity contribution is 7.21. The molecule has 2 aromatic carbocycles. The Bertz CT molecular complexity index is 1190. The van der Waals surface area contributed by atoms with E-state index in [4.69, 9.17) is 9.97 Å². The van der Waals surface area contributed by atoms with E-state index >= 15 is 0 Å². The number of nitrogens with zero attached hydrogens (tertiary/aromatic N) is 3. The summed E-state index contributed by atoms with van der Waals surface area (Å²) in [6.07, 6.45) is 1.74. The Kier molecular flexibility index (Phi) is 7.47. The summed E-state index contributed by atoms with van der Waals surface area (Å²) in [5.74, 6) is 1.09. The Morgan fingerprint density at radius 2 is 1.82 bits per heavy atom. The molecule has 0 radical (unpaired) electrons. The van der Waals surface area contributed by atoms with E-state index in [2.05, 4.69) is 28.6 Å². The lowest BCUT2D eigenvalue weighted by molar-refractivity contribution is 0.217. The SMILES string of the molecule is CCC(CO)CCNc1nc(NCc2ccccc2F)nc(C)c1-c1nc2ccccc2s1. The summed E-state index contributed by atoms with van der Waals surface area (Å²) < 4.78 is 15.1. The molecule has 0 fully saturated rings. The molecule has 0 aliphatic rings. The van der Waals surface area contributed by atoms with Gasteiger partial charge >= 0.3 is 0 Å². The van der Waals surface area contributed by atoms with Crippen LogP contribution in [0, 0.1) is 18.7 Å². The molecule has 0 spiro atoms. The maximum Gasteiger partial charge on any atom is 0.225 e. The number of fused-ring (bicyclic) bond motifs is 1. The molecule has 0 bridgehead atoms. The molecule has 0 aliphatic heterocycles. The zero-order chi connectivity index (χ0) is 23.2. The molecule has 1 atom stereocenters. The highest BCUT2D eigenvalue weighted by Gasteiger charge is 2.18. The smallest absolute Gasteiger partial charge is 0.225 e. The fourth-order valence-corrected chi connectivity index (χ4v) is 4.71. The van der Waals surface area contributed by atoms with E-state index in [1.165, 1.54) is 6.07 Å². The molecule has 4 aromatic rings. The van der Waals surface area contributed by atoms with Crippen LogP contribution in [0.3, 0.4) is 0 Å². The van der Waals surface area contributed by atoms with Crippen molar-refractivity contribution in [2.24, 2.45) is 5.92 Å². The lowest BCUT2D eigenvalue weighted by atomic mass is 10.0. The molecule has 2 aromatic heterocycles. The summed E-state index contributed by atoms with van der Waals surface area (Å²) >= 11 is 1.60. The van der Waals surface area contributed by atoms with Crippen molar-refractivity contribution in [2.45, 2.75) is 33.2 Å². The predicted molar refractivity (Wildman–Crippen MR) is 133 cm³/mol. The van der Waals surface area contributed by atoms with Crippen LogP contribution in [0.25, 0.3) is 20.8 Å². The van der Waals surface area contributed by atoms with E-state index in [1.54, 1.807) is 29.5 Å². The van der Waals surface area contributed by atoms with Gasteiger partial charge in [0.15, 0.2) is 0 Å². The lowest BCUT2D eigenvalue weighted by Gasteiger charge is -2.16. The molecule has 2 heterocycles. The number of anilines is 2. The van der Waals surface area contributed by atoms with E-state index in [0.717, 1.165) is 39.3 Å². The highest BCUT2D eigenvalue weighted by atomic mass is 32.1. The van der Waals surface area contributed by atoms with Gasteiger partial charge < -0.3 is 15.7 Å². The van der Waals surface area contributed by atoms with Crippen LogP contribution in [0.4, 0.5) is 16.2 Å². The first kappa shape index (κ1) is 23.1. The van der Waals surface area contributed by atoms with Crippen LogP contribution in [-0.2, 0) is 6.54 Å². The maximum atomic E-state index is 14.0. The zero-order valence-corrected chi connectivity index (χ0v) is 19.6. The number of aryl methyl sites for hydroxylation is 1. The molecule has 33 heavy (non-hydrogen) atoms. The van der Waals surface area contributed by atoms with E-state index in [-0.39, 0.29) is 24.9 Å². The summed E-state index contributed by atoms with van der Waals surface area (Å²) in [7, 11) is 0. The summed E-state index contributed by atoms with van der Waals surface area (Å²) in [6.45, 7) is 5.13. The van der Waals surface area contributed by atoms with Crippen LogP contribution in [0.2, 0.25) is 0 Å². The second kappa shape index (κ2) is 10.7. The molecule has 0 aliphatic carbocycles.